The van der Waals surface area contributed by atoms with Crippen LogP contribution in [-0.4, -0.2) is 35.8 Å². The molecule has 1 aliphatic rings. The number of halogens is 6. The molecule has 0 saturated heterocycles. The Hall–Kier alpha value is -3.90. The first-order chi connectivity index (χ1) is 17.6. The summed E-state index contributed by atoms with van der Waals surface area (Å²) in [4.78, 5) is 42.0. The van der Waals surface area contributed by atoms with Crippen LogP contribution in [0.15, 0.2) is 47.5 Å². The highest BCUT2D eigenvalue weighted by atomic mass is 19.4. The minimum atomic E-state index is -4.67. The van der Waals surface area contributed by atoms with E-state index in [0.29, 0.717) is 5.56 Å². The molecule has 3 atom stereocenters. The number of nitrogens with one attached hydrogen (secondary N) is 2. The number of aryl methyl sites for hydroxylation is 1. The number of alkyl halides is 6. The molecule has 1 aliphatic heterocycles. The van der Waals surface area contributed by atoms with Gasteiger partial charge >= 0.3 is 12.4 Å². The number of rotatable bonds is 7. The predicted octanol–water partition coefficient (Wildman–Crippen LogP) is 4.33. The van der Waals surface area contributed by atoms with Crippen LogP contribution < -0.4 is 16.4 Å². The van der Waals surface area contributed by atoms with Crippen LogP contribution >= 0.6 is 0 Å². The number of anilines is 1. The monoisotopic (exact) mass is 542 g/mol. The molecule has 7 nitrogen and oxygen atoms in total. The molecule has 0 radical (unpaired) electrons. The fourth-order valence-corrected chi connectivity index (χ4v) is 4.02. The second-order valence-electron chi connectivity index (χ2n) is 8.91. The molecule has 0 saturated carbocycles. The number of hydrogen-bond acceptors (Lipinski definition) is 4. The van der Waals surface area contributed by atoms with Gasteiger partial charge in [-0.15, -0.1) is 0 Å². The summed E-state index contributed by atoms with van der Waals surface area (Å²) in [7, 11) is 0. The molecule has 2 aromatic rings. The van der Waals surface area contributed by atoms with Crippen LogP contribution in [0.1, 0.15) is 42.0 Å². The Morgan fingerprint density at radius 3 is 2.37 bits per heavy atom. The number of nitrogens with zero attached hydrogens (tertiary/aromatic N) is 1. The molecule has 3 rings (SSSR count). The molecule has 3 amide bonds. The molecule has 0 spiro atoms. The molecule has 204 valence electrons. The Morgan fingerprint density at radius 2 is 1.76 bits per heavy atom. The number of carbonyl (C=O) groups is 3. The van der Waals surface area contributed by atoms with E-state index in [-0.39, 0.29) is 22.5 Å². The van der Waals surface area contributed by atoms with Crippen molar-refractivity contribution in [1.82, 2.24) is 5.32 Å². The van der Waals surface area contributed by atoms with Crippen molar-refractivity contribution in [2.45, 2.75) is 45.2 Å². The van der Waals surface area contributed by atoms with Gasteiger partial charge in [-0.3, -0.25) is 14.4 Å². The Balaban J connectivity index is 2.06. The number of amides is 3. The van der Waals surface area contributed by atoms with Crippen LogP contribution in [-0.2, 0) is 20.6 Å². The maximum Gasteiger partial charge on any atom is 0.416 e. The molecule has 0 fully saturated rings. The summed E-state index contributed by atoms with van der Waals surface area (Å²) in [5.74, 6) is -5.83. The van der Waals surface area contributed by atoms with Gasteiger partial charge in [0, 0.05) is 29.4 Å². The summed E-state index contributed by atoms with van der Waals surface area (Å²) < 4.78 is 78.7. The van der Waals surface area contributed by atoms with E-state index >= 15 is 0 Å². The highest BCUT2D eigenvalue weighted by Crippen LogP contribution is 2.33. The molecule has 0 unspecified atom stereocenters. The van der Waals surface area contributed by atoms with E-state index in [0.717, 1.165) is 18.2 Å². The van der Waals surface area contributed by atoms with E-state index in [1.807, 2.05) is 0 Å². The summed E-state index contributed by atoms with van der Waals surface area (Å²) >= 11 is 0. The number of para-hydroxylation sites is 1. The van der Waals surface area contributed by atoms with Crippen LogP contribution in [0, 0.1) is 18.8 Å². The number of aliphatic imine (C=N–C) groups is 1. The summed E-state index contributed by atoms with van der Waals surface area (Å²) in [6.45, 7) is 2.83. The lowest BCUT2D eigenvalue weighted by Crippen LogP contribution is -2.47. The van der Waals surface area contributed by atoms with E-state index in [1.54, 1.807) is 19.1 Å². The van der Waals surface area contributed by atoms with Crippen LogP contribution in [0.2, 0.25) is 0 Å². The highest BCUT2D eigenvalue weighted by Gasteiger charge is 2.37. The maximum atomic E-state index is 13.4. The zero-order chi connectivity index (χ0) is 28.4. The lowest BCUT2D eigenvalue weighted by atomic mass is 9.88. The van der Waals surface area contributed by atoms with Gasteiger partial charge in [-0.25, -0.2) is 4.99 Å². The fourth-order valence-electron chi connectivity index (χ4n) is 4.02. The molecule has 1 heterocycles. The van der Waals surface area contributed by atoms with Gasteiger partial charge in [0.25, 0.3) is 5.91 Å². The van der Waals surface area contributed by atoms with Gasteiger partial charge in [0.05, 0.1) is 17.0 Å². The second-order valence-corrected chi connectivity index (χ2v) is 8.91. The Bertz CT molecular complexity index is 1270. The standard InChI is InChI=1S/C25H24F6N4O3/c1-12-5-3-8-17-18(12)34-23(38)21(33-19(17)14-6-4-7-15(11-14)25(29,30)31)35-22(37)16(13(2)20(32)36)9-10-24(26,27)28/h3-8,11,13,16,21H,9-10H2,1-2H3,(H2,32,36)(H,34,38)(H,35,37)/t13-,16+,21+/m0/s1. The normalized spacial score (nSPS) is 17.4. The summed E-state index contributed by atoms with van der Waals surface area (Å²) in [5, 5.41) is 4.82. The van der Waals surface area contributed by atoms with E-state index in [9.17, 15) is 40.7 Å². The molecular weight excluding hydrogens is 518 g/mol. The quantitative estimate of drug-likeness (QED) is 0.453. The average Bonchev–Trinajstić information content (AvgIpc) is 2.95. The number of nitrogens with two attached hydrogens (primary N) is 1. The van der Waals surface area contributed by atoms with Gasteiger partial charge in [0.2, 0.25) is 18.0 Å². The molecule has 0 bridgehead atoms. The molecule has 0 aromatic heterocycles. The van der Waals surface area contributed by atoms with Crippen molar-refractivity contribution < 1.29 is 40.7 Å². The Kier molecular flexibility index (Phi) is 8.18. The third-order valence-corrected chi connectivity index (χ3v) is 6.15. The summed E-state index contributed by atoms with van der Waals surface area (Å²) in [5.41, 5.74) is 5.24. The van der Waals surface area contributed by atoms with Crippen LogP contribution in [0.5, 0.6) is 0 Å². The lowest BCUT2D eigenvalue weighted by Gasteiger charge is -2.23. The van der Waals surface area contributed by atoms with Gasteiger partial charge in [-0.1, -0.05) is 37.3 Å². The second kappa shape index (κ2) is 10.8. The smallest absolute Gasteiger partial charge is 0.369 e. The molecule has 4 N–H and O–H groups in total. The molecular formula is C25H24F6N4O3. The minimum Gasteiger partial charge on any atom is -0.369 e. The average molecular weight is 542 g/mol. The van der Waals surface area contributed by atoms with E-state index in [4.69, 9.17) is 5.73 Å². The van der Waals surface area contributed by atoms with Crippen molar-refractivity contribution in [3.05, 3.63) is 64.7 Å². The topological polar surface area (TPSA) is 114 Å². The summed E-state index contributed by atoms with van der Waals surface area (Å²) in [6, 6.07) is 8.96. The van der Waals surface area contributed by atoms with Crippen molar-refractivity contribution in [2.75, 3.05) is 5.32 Å². The Labute approximate surface area is 213 Å². The zero-order valence-corrected chi connectivity index (χ0v) is 20.2. The van der Waals surface area contributed by atoms with Crippen molar-refractivity contribution in [3.8, 4) is 0 Å². The molecule has 0 aliphatic carbocycles. The first-order valence-corrected chi connectivity index (χ1v) is 11.4. The number of benzodiazepines with no additional fused rings is 1. The first-order valence-electron chi connectivity index (χ1n) is 11.4. The SMILES string of the molecule is Cc1cccc2c1NC(=O)[C@@H](NC(=O)[C@H](CCC(F)(F)F)[C@H](C)C(N)=O)N=C2c1cccc(C(F)(F)F)c1. The minimum absolute atomic E-state index is 0.0125. The third kappa shape index (κ3) is 6.69. The Morgan fingerprint density at radius 1 is 1.11 bits per heavy atom. The first kappa shape index (κ1) is 28.7. The summed E-state index contributed by atoms with van der Waals surface area (Å²) in [6.07, 6.45) is -13.2. The maximum absolute atomic E-state index is 13.4. The number of hydrogen-bond donors (Lipinski definition) is 3. The number of fused-ring (bicyclic) bond motifs is 1. The van der Waals surface area contributed by atoms with Crippen molar-refractivity contribution in [1.29, 1.82) is 0 Å². The van der Waals surface area contributed by atoms with Gasteiger partial charge in [-0.05, 0) is 31.0 Å². The van der Waals surface area contributed by atoms with Gasteiger partial charge in [0.15, 0.2) is 0 Å². The van der Waals surface area contributed by atoms with Crippen LogP contribution in [0.25, 0.3) is 0 Å². The van der Waals surface area contributed by atoms with Gasteiger partial charge in [0.1, 0.15) is 0 Å². The number of primary amides is 1. The lowest BCUT2D eigenvalue weighted by molar-refractivity contribution is -0.146. The predicted molar refractivity (Wildman–Crippen MR) is 126 cm³/mol. The van der Waals surface area contributed by atoms with Crippen LogP contribution in [0.3, 0.4) is 0 Å². The fraction of sp³-hybridized carbons (Fsp3) is 0.360. The zero-order valence-electron chi connectivity index (χ0n) is 20.2. The third-order valence-electron chi connectivity index (χ3n) is 6.15. The number of benzene rings is 2. The van der Waals surface area contributed by atoms with Crippen LogP contribution in [0.4, 0.5) is 32.0 Å². The van der Waals surface area contributed by atoms with Gasteiger partial charge < -0.3 is 16.4 Å². The highest BCUT2D eigenvalue weighted by molar-refractivity contribution is 6.20. The van der Waals surface area contributed by atoms with E-state index in [2.05, 4.69) is 15.6 Å². The van der Waals surface area contributed by atoms with Gasteiger partial charge in [-0.2, -0.15) is 26.3 Å². The largest absolute Gasteiger partial charge is 0.416 e. The van der Waals surface area contributed by atoms with Crippen molar-refractivity contribution >= 4 is 29.1 Å². The number of carbonyl (C=O) groups excluding carboxylic acids is 3. The molecule has 13 heteroatoms. The molecule has 2 aromatic carbocycles. The van der Waals surface area contributed by atoms with E-state index < -0.39 is 66.5 Å². The van der Waals surface area contributed by atoms with E-state index in [1.165, 1.54) is 19.1 Å². The van der Waals surface area contributed by atoms with Crippen molar-refractivity contribution in [2.24, 2.45) is 22.6 Å². The molecule has 38 heavy (non-hydrogen) atoms. The van der Waals surface area contributed by atoms with Crippen molar-refractivity contribution in [3.63, 3.8) is 0 Å².